The smallest absolute Gasteiger partial charge is 0.310 e. The maximum absolute atomic E-state index is 11.8. The van der Waals surface area contributed by atoms with Gasteiger partial charge in [-0.3, -0.25) is 9.59 Å². The van der Waals surface area contributed by atoms with Crippen LogP contribution in [-0.4, -0.2) is 25.1 Å². The molecule has 5 nitrogen and oxygen atoms in total. The Kier molecular flexibility index (Phi) is 6.37. The van der Waals surface area contributed by atoms with E-state index >= 15 is 0 Å². The first-order chi connectivity index (χ1) is 11.5. The van der Waals surface area contributed by atoms with Crippen molar-refractivity contribution in [1.82, 2.24) is 0 Å². The summed E-state index contributed by atoms with van der Waals surface area (Å²) in [6, 6.07) is 14.8. The van der Waals surface area contributed by atoms with E-state index in [2.05, 4.69) is 5.32 Å². The highest BCUT2D eigenvalue weighted by Crippen LogP contribution is 2.12. The number of anilines is 1. The number of aryl methyl sites for hydroxylation is 1. The van der Waals surface area contributed by atoms with Crippen LogP contribution in [0.2, 0.25) is 0 Å². The average molecular weight is 327 g/mol. The normalized spacial score (nSPS) is 10.1. The largest absolute Gasteiger partial charge is 0.490 e. The number of amides is 1. The summed E-state index contributed by atoms with van der Waals surface area (Å²) in [5, 5.41) is 2.68. The number of carbonyl (C=O) groups excluding carboxylic acids is 2. The van der Waals surface area contributed by atoms with Crippen molar-refractivity contribution in [3.63, 3.8) is 0 Å². The lowest BCUT2D eigenvalue weighted by Crippen LogP contribution is -2.14. The standard InChI is InChI=1S/C19H21NO4/c1-14-4-3-5-18(12-14)23-10-11-24-19(22)13-16-6-8-17(9-7-16)20-15(2)21/h3-9,12H,10-11,13H2,1-2H3,(H,20,21). The molecule has 0 fully saturated rings. The highest BCUT2D eigenvalue weighted by Gasteiger charge is 2.05. The van der Waals surface area contributed by atoms with Gasteiger partial charge < -0.3 is 14.8 Å². The number of nitrogens with one attached hydrogen (secondary N) is 1. The Bertz CT molecular complexity index is 695. The third-order valence-corrected chi connectivity index (χ3v) is 3.23. The molecule has 0 aliphatic rings. The number of hydrogen-bond acceptors (Lipinski definition) is 4. The van der Waals surface area contributed by atoms with Crippen molar-refractivity contribution in [1.29, 1.82) is 0 Å². The molecule has 0 aliphatic carbocycles. The van der Waals surface area contributed by atoms with E-state index in [1.165, 1.54) is 6.92 Å². The van der Waals surface area contributed by atoms with Crippen molar-refractivity contribution in [2.45, 2.75) is 20.3 Å². The van der Waals surface area contributed by atoms with Crippen LogP contribution in [0.4, 0.5) is 5.69 Å². The fraction of sp³-hybridized carbons (Fsp3) is 0.263. The molecular formula is C19H21NO4. The van der Waals surface area contributed by atoms with Crippen LogP contribution in [0.1, 0.15) is 18.1 Å². The minimum Gasteiger partial charge on any atom is -0.490 e. The van der Waals surface area contributed by atoms with Crippen LogP contribution in [0.3, 0.4) is 0 Å². The van der Waals surface area contributed by atoms with E-state index in [9.17, 15) is 9.59 Å². The molecule has 126 valence electrons. The second kappa shape index (κ2) is 8.72. The van der Waals surface area contributed by atoms with E-state index in [1.807, 2.05) is 31.2 Å². The predicted molar refractivity (Wildman–Crippen MR) is 92.1 cm³/mol. The second-order valence-electron chi connectivity index (χ2n) is 5.44. The lowest BCUT2D eigenvalue weighted by molar-refractivity contribution is -0.143. The topological polar surface area (TPSA) is 64.6 Å². The van der Waals surface area contributed by atoms with Gasteiger partial charge in [-0.25, -0.2) is 0 Å². The van der Waals surface area contributed by atoms with E-state index in [4.69, 9.17) is 9.47 Å². The molecule has 1 amide bonds. The van der Waals surface area contributed by atoms with Gasteiger partial charge in [-0.15, -0.1) is 0 Å². The van der Waals surface area contributed by atoms with Crippen LogP contribution in [-0.2, 0) is 20.7 Å². The van der Waals surface area contributed by atoms with Crippen molar-refractivity contribution in [2.75, 3.05) is 18.5 Å². The van der Waals surface area contributed by atoms with Gasteiger partial charge in [0.25, 0.3) is 0 Å². The van der Waals surface area contributed by atoms with Crippen LogP contribution in [0.5, 0.6) is 5.75 Å². The van der Waals surface area contributed by atoms with Crippen molar-refractivity contribution in [2.24, 2.45) is 0 Å². The number of carbonyl (C=O) groups is 2. The molecule has 2 aromatic rings. The fourth-order valence-corrected chi connectivity index (χ4v) is 2.15. The van der Waals surface area contributed by atoms with Gasteiger partial charge in [0.1, 0.15) is 19.0 Å². The van der Waals surface area contributed by atoms with Gasteiger partial charge in [0.2, 0.25) is 5.91 Å². The lowest BCUT2D eigenvalue weighted by Gasteiger charge is -2.08. The van der Waals surface area contributed by atoms with Gasteiger partial charge in [0.05, 0.1) is 6.42 Å². The maximum atomic E-state index is 11.8. The zero-order valence-electron chi connectivity index (χ0n) is 13.9. The van der Waals surface area contributed by atoms with Crippen LogP contribution in [0.25, 0.3) is 0 Å². The van der Waals surface area contributed by atoms with Crippen molar-refractivity contribution < 1.29 is 19.1 Å². The summed E-state index contributed by atoms with van der Waals surface area (Å²) in [6.45, 7) is 3.96. The quantitative estimate of drug-likeness (QED) is 0.627. The average Bonchev–Trinajstić information content (AvgIpc) is 2.53. The van der Waals surface area contributed by atoms with Gasteiger partial charge >= 0.3 is 5.97 Å². The van der Waals surface area contributed by atoms with Crippen molar-refractivity contribution in [3.05, 3.63) is 59.7 Å². The molecule has 0 aliphatic heterocycles. The molecule has 0 heterocycles. The number of benzene rings is 2. The Morgan fingerprint density at radius 3 is 2.46 bits per heavy atom. The van der Waals surface area contributed by atoms with Gasteiger partial charge in [-0.2, -0.15) is 0 Å². The zero-order valence-corrected chi connectivity index (χ0v) is 13.9. The summed E-state index contributed by atoms with van der Waals surface area (Å²) in [5.74, 6) is 0.325. The van der Waals surface area contributed by atoms with Gasteiger partial charge in [-0.1, -0.05) is 24.3 Å². The monoisotopic (exact) mass is 327 g/mol. The highest BCUT2D eigenvalue weighted by molar-refractivity contribution is 5.88. The van der Waals surface area contributed by atoms with E-state index < -0.39 is 0 Å². The molecule has 0 unspecified atom stereocenters. The molecule has 0 radical (unpaired) electrons. The summed E-state index contributed by atoms with van der Waals surface area (Å²) >= 11 is 0. The Labute approximate surface area is 141 Å². The number of rotatable bonds is 7. The minimum absolute atomic E-state index is 0.129. The second-order valence-corrected chi connectivity index (χ2v) is 5.44. The maximum Gasteiger partial charge on any atom is 0.310 e. The summed E-state index contributed by atoms with van der Waals surface area (Å²) in [5.41, 5.74) is 2.65. The Hall–Kier alpha value is -2.82. The SMILES string of the molecule is CC(=O)Nc1ccc(CC(=O)OCCOc2cccc(C)c2)cc1. The fourth-order valence-electron chi connectivity index (χ4n) is 2.15. The van der Waals surface area contributed by atoms with Crippen LogP contribution in [0, 0.1) is 6.92 Å². The summed E-state index contributed by atoms with van der Waals surface area (Å²) < 4.78 is 10.7. The molecule has 0 bridgehead atoms. The molecule has 0 spiro atoms. The minimum atomic E-state index is -0.310. The Morgan fingerprint density at radius 1 is 1.04 bits per heavy atom. The highest BCUT2D eigenvalue weighted by atomic mass is 16.6. The van der Waals surface area contributed by atoms with Crippen LogP contribution < -0.4 is 10.1 Å². The number of esters is 1. The summed E-state index contributed by atoms with van der Waals surface area (Å²) in [7, 11) is 0. The van der Waals surface area contributed by atoms with E-state index in [0.717, 1.165) is 16.9 Å². The van der Waals surface area contributed by atoms with Crippen LogP contribution in [0.15, 0.2) is 48.5 Å². The zero-order chi connectivity index (χ0) is 17.4. The van der Waals surface area contributed by atoms with Crippen LogP contribution >= 0.6 is 0 Å². The Balaban J connectivity index is 1.70. The molecule has 1 N–H and O–H groups in total. The predicted octanol–water partition coefficient (Wildman–Crippen LogP) is 3.12. The van der Waals surface area contributed by atoms with Gasteiger partial charge in [0.15, 0.2) is 0 Å². The molecule has 0 saturated carbocycles. The van der Waals surface area contributed by atoms with Crippen molar-refractivity contribution >= 4 is 17.6 Å². The summed E-state index contributed by atoms with van der Waals surface area (Å²) in [6.07, 6.45) is 0.185. The molecule has 0 aromatic heterocycles. The van der Waals surface area contributed by atoms with Gasteiger partial charge in [0, 0.05) is 12.6 Å². The van der Waals surface area contributed by atoms with E-state index in [1.54, 1.807) is 24.3 Å². The molecule has 24 heavy (non-hydrogen) atoms. The lowest BCUT2D eigenvalue weighted by atomic mass is 10.1. The first-order valence-electron chi connectivity index (χ1n) is 7.74. The molecule has 2 rings (SSSR count). The third-order valence-electron chi connectivity index (χ3n) is 3.23. The third kappa shape index (κ3) is 6.12. The van der Waals surface area contributed by atoms with E-state index in [0.29, 0.717) is 12.3 Å². The number of ether oxygens (including phenoxy) is 2. The first-order valence-corrected chi connectivity index (χ1v) is 7.74. The van der Waals surface area contributed by atoms with E-state index in [-0.39, 0.29) is 24.9 Å². The molecular weight excluding hydrogens is 306 g/mol. The summed E-state index contributed by atoms with van der Waals surface area (Å²) in [4.78, 5) is 22.7. The number of hydrogen-bond donors (Lipinski definition) is 1. The van der Waals surface area contributed by atoms with Crippen molar-refractivity contribution in [3.8, 4) is 5.75 Å². The molecule has 2 aromatic carbocycles. The molecule has 0 atom stereocenters. The Morgan fingerprint density at radius 2 is 1.79 bits per heavy atom. The first kappa shape index (κ1) is 17.5. The molecule has 5 heteroatoms. The molecule has 0 saturated heterocycles. The van der Waals surface area contributed by atoms with Gasteiger partial charge in [-0.05, 0) is 42.3 Å².